The molecule has 1 amide bonds. The number of amides is 1. The average molecular weight is 235 g/mol. The third-order valence-corrected chi connectivity index (χ3v) is 2.46. The van der Waals surface area contributed by atoms with Gasteiger partial charge in [0.2, 0.25) is 5.91 Å². The molecule has 0 heterocycles. The van der Waals surface area contributed by atoms with Crippen molar-refractivity contribution in [3.05, 3.63) is 29.8 Å². The van der Waals surface area contributed by atoms with Crippen molar-refractivity contribution < 1.29 is 4.79 Å². The van der Waals surface area contributed by atoms with Gasteiger partial charge in [-0.2, -0.15) is 0 Å². The highest BCUT2D eigenvalue weighted by Crippen LogP contribution is 2.11. The highest BCUT2D eigenvalue weighted by Gasteiger charge is 1.96. The quantitative estimate of drug-likeness (QED) is 0.722. The summed E-state index contributed by atoms with van der Waals surface area (Å²) in [5, 5.41) is 6.03. The Hall–Kier alpha value is -1.55. The van der Waals surface area contributed by atoms with Gasteiger partial charge in [0.15, 0.2) is 0 Å². The fourth-order valence-corrected chi connectivity index (χ4v) is 1.47. The van der Waals surface area contributed by atoms with Gasteiger partial charge in [0.05, 0.1) is 0 Å². The minimum absolute atomic E-state index is 0.0159. The van der Waals surface area contributed by atoms with E-state index in [-0.39, 0.29) is 5.91 Å². The van der Waals surface area contributed by atoms with E-state index < -0.39 is 0 Å². The van der Waals surface area contributed by atoms with E-state index >= 15 is 0 Å². The second-order valence-corrected chi connectivity index (χ2v) is 4.22. The van der Waals surface area contributed by atoms with Crippen LogP contribution in [0.1, 0.15) is 12.5 Å². The molecule has 0 aliphatic carbocycles. The molecule has 0 bridgehead atoms. The third kappa shape index (κ3) is 5.36. The van der Waals surface area contributed by atoms with Crippen LogP contribution < -0.4 is 15.5 Å². The predicted molar refractivity (Wildman–Crippen MR) is 71.2 cm³/mol. The van der Waals surface area contributed by atoms with Crippen LogP contribution in [0.3, 0.4) is 0 Å². The van der Waals surface area contributed by atoms with Crippen LogP contribution in [0.5, 0.6) is 0 Å². The first-order valence-corrected chi connectivity index (χ1v) is 5.81. The van der Waals surface area contributed by atoms with Gasteiger partial charge in [-0.05, 0) is 17.7 Å². The van der Waals surface area contributed by atoms with Crippen LogP contribution in [0, 0.1) is 0 Å². The third-order valence-electron chi connectivity index (χ3n) is 2.46. The molecule has 0 aliphatic heterocycles. The molecule has 1 aromatic rings. The first-order chi connectivity index (χ1) is 8.09. The van der Waals surface area contributed by atoms with Gasteiger partial charge in [-0.1, -0.05) is 12.1 Å². The molecule has 0 aliphatic rings. The fraction of sp³-hybridized carbons (Fsp3) is 0.462. The molecule has 0 aromatic heterocycles. The zero-order chi connectivity index (χ0) is 12.7. The van der Waals surface area contributed by atoms with Gasteiger partial charge in [-0.25, -0.2) is 0 Å². The largest absolute Gasteiger partial charge is 0.378 e. The van der Waals surface area contributed by atoms with E-state index in [2.05, 4.69) is 39.8 Å². The van der Waals surface area contributed by atoms with Crippen molar-refractivity contribution >= 4 is 11.6 Å². The molecule has 0 atom stereocenters. The van der Waals surface area contributed by atoms with E-state index in [1.165, 1.54) is 18.2 Å². The number of anilines is 1. The van der Waals surface area contributed by atoms with Gasteiger partial charge in [0, 0.05) is 46.3 Å². The summed E-state index contributed by atoms with van der Waals surface area (Å²) in [5.41, 5.74) is 2.45. The van der Waals surface area contributed by atoms with E-state index in [1.807, 2.05) is 14.1 Å². The number of hydrogen-bond donors (Lipinski definition) is 2. The van der Waals surface area contributed by atoms with E-state index in [4.69, 9.17) is 0 Å². The Morgan fingerprint density at radius 2 is 1.82 bits per heavy atom. The Balaban J connectivity index is 2.25. The number of benzene rings is 1. The molecule has 17 heavy (non-hydrogen) atoms. The van der Waals surface area contributed by atoms with E-state index in [0.717, 1.165) is 13.1 Å². The average Bonchev–Trinajstić information content (AvgIpc) is 2.29. The Kier molecular flexibility index (Phi) is 5.49. The van der Waals surface area contributed by atoms with Gasteiger partial charge in [-0.15, -0.1) is 0 Å². The van der Waals surface area contributed by atoms with Crippen molar-refractivity contribution in [1.82, 2.24) is 10.6 Å². The lowest BCUT2D eigenvalue weighted by molar-refractivity contribution is -0.118. The smallest absolute Gasteiger partial charge is 0.216 e. The highest BCUT2D eigenvalue weighted by atomic mass is 16.1. The Bertz CT molecular complexity index is 346. The van der Waals surface area contributed by atoms with Crippen molar-refractivity contribution in [2.24, 2.45) is 0 Å². The van der Waals surface area contributed by atoms with E-state index in [9.17, 15) is 4.79 Å². The monoisotopic (exact) mass is 235 g/mol. The first kappa shape index (κ1) is 13.5. The number of rotatable bonds is 6. The predicted octanol–water partition coefficient (Wildman–Crippen LogP) is 0.978. The normalized spacial score (nSPS) is 10.1. The molecule has 0 saturated heterocycles. The summed E-state index contributed by atoms with van der Waals surface area (Å²) in [5.74, 6) is 0.0159. The van der Waals surface area contributed by atoms with Crippen LogP contribution >= 0.6 is 0 Å². The number of nitrogens with zero attached hydrogens (tertiary/aromatic N) is 1. The second kappa shape index (κ2) is 6.91. The summed E-state index contributed by atoms with van der Waals surface area (Å²) in [6, 6.07) is 8.43. The Morgan fingerprint density at radius 1 is 1.18 bits per heavy atom. The molecular formula is C13H21N3O. The van der Waals surface area contributed by atoms with Crippen LogP contribution in [-0.4, -0.2) is 33.1 Å². The van der Waals surface area contributed by atoms with Crippen LogP contribution in [-0.2, 0) is 11.3 Å². The molecule has 4 heteroatoms. The van der Waals surface area contributed by atoms with Crippen molar-refractivity contribution in [1.29, 1.82) is 0 Å². The maximum absolute atomic E-state index is 10.6. The maximum atomic E-state index is 10.6. The van der Waals surface area contributed by atoms with Crippen molar-refractivity contribution in [2.75, 3.05) is 32.1 Å². The molecule has 0 unspecified atom stereocenters. The minimum Gasteiger partial charge on any atom is -0.378 e. The number of hydrogen-bond acceptors (Lipinski definition) is 3. The summed E-state index contributed by atoms with van der Waals surface area (Å²) in [6.07, 6.45) is 0. The zero-order valence-corrected chi connectivity index (χ0v) is 10.8. The van der Waals surface area contributed by atoms with Crippen molar-refractivity contribution in [3.8, 4) is 0 Å². The van der Waals surface area contributed by atoms with Crippen molar-refractivity contribution in [2.45, 2.75) is 13.5 Å². The van der Waals surface area contributed by atoms with Gasteiger partial charge < -0.3 is 15.5 Å². The summed E-state index contributed by atoms with van der Waals surface area (Å²) < 4.78 is 0. The molecule has 4 nitrogen and oxygen atoms in total. The van der Waals surface area contributed by atoms with Gasteiger partial charge >= 0.3 is 0 Å². The van der Waals surface area contributed by atoms with Crippen LogP contribution in [0.25, 0.3) is 0 Å². The van der Waals surface area contributed by atoms with E-state index in [0.29, 0.717) is 6.54 Å². The molecule has 0 radical (unpaired) electrons. The standard InChI is InChI=1S/C13H21N3O/c1-11(17)15-9-8-14-10-12-4-6-13(7-5-12)16(2)3/h4-7,14H,8-10H2,1-3H3,(H,15,17). The summed E-state index contributed by atoms with van der Waals surface area (Å²) in [6.45, 7) is 3.81. The summed E-state index contributed by atoms with van der Waals surface area (Å²) >= 11 is 0. The fourth-order valence-electron chi connectivity index (χ4n) is 1.47. The zero-order valence-electron chi connectivity index (χ0n) is 10.8. The molecule has 2 N–H and O–H groups in total. The van der Waals surface area contributed by atoms with Crippen molar-refractivity contribution in [3.63, 3.8) is 0 Å². The Labute approximate surface area is 103 Å². The molecule has 0 spiro atoms. The minimum atomic E-state index is 0.0159. The van der Waals surface area contributed by atoms with E-state index in [1.54, 1.807) is 0 Å². The number of carbonyl (C=O) groups is 1. The highest BCUT2D eigenvalue weighted by molar-refractivity contribution is 5.72. The Morgan fingerprint density at radius 3 is 2.35 bits per heavy atom. The van der Waals surface area contributed by atoms with Crippen LogP contribution in [0.4, 0.5) is 5.69 Å². The van der Waals surface area contributed by atoms with Gasteiger partial charge in [0.1, 0.15) is 0 Å². The molecular weight excluding hydrogens is 214 g/mol. The lowest BCUT2D eigenvalue weighted by Crippen LogP contribution is -2.29. The lowest BCUT2D eigenvalue weighted by atomic mass is 10.2. The van der Waals surface area contributed by atoms with Gasteiger partial charge in [0.25, 0.3) is 0 Å². The van der Waals surface area contributed by atoms with Crippen LogP contribution in [0.15, 0.2) is 24.3 Å². The van der Waals surface area contributed by atoms with Gasteiger partial charge in [-0.3, -0.25) is 4.79 Å². The molecule has 0 fully saturated rings. The van der Waals surface area contributed by atoms with Crippen LogP contribution in [0.2, 0.25) is 0 Å². The topological polar surface area (TPSA) is 44.4 Å². The first-order valence-electron chi connectivity index (χ1n) is 5.81. The summed E-state index contributed by atoms with van der Waals surface area (Å²) in [7, 11) is 4.06. The molecule has 1 aromatic carbocycles. The second-order valence-electron chi connectivity index (χ2n) is 4.22. The SMILES string of the molecule is CC(=O)NCCNCc1ccc(N(C)C)cc1. The summed E-state index contributed by atoms with van der Waals surface area (Å²) in [4.78, 5) is 12.7. The molecule has 94 valence electrons. The molecule has 1 rings (SSSR count). The maximum Gasteiger partial charge on any atom is 0.216 e. The number of nitrogens with one attached hydrogen (secondary N) is 2. The number of carbonyl (C=O) groups excluding carboxylic acids is 1. The lowest BCUT2D eigenvalue weighted by Gasteiger charge is -2.12. The molecule has 0 saturated carbocycles.